The number of hydrogen-bond donors (Lipinski definition) is 1. The molecule has 6 nitrogen and oxygen atoms in total. The summed E-state index contributed by atoms with van der Waals surface area (Å²) >= 11 is 0. The second-order valence-corrected chi connectivity index (χ2v) is 7.07. The molecule has 0 unspecified atom stereocenters. The van der Waals surface area contributed by atoms with Crippen LogP contribution in [-0.4, -0.2) is 50.6 Å². The van der Waals surface area contributed by atoms with E-state index in [1.165, 1.54) is 25.1 Å². The maximum Gasteiger partial charge on any atom is 0.0555 e. The summed E-state index contributed by atoms with van der Waals surface area (Å²) in [5.41, 5.74) is 1.33. The molecule has 0 spiro atoms. The van der Waals surface area contributed by atoms with Crippen molar-refractivity contribution in [3.05, 3.63) is 36.4 Å². The minimum atomic E-state index is 0.456. The summed E-state index contributed by atoms with van der Waals surface area (Å²) in [6, 6.07) is 5.10. The summed E-state index contributed by atoms with van der Waals surface area (Å²) < 4.78 is 4.03. The molecular weight excluding hydrogens is 300 g/mol. The van der Waals surface area contributed by atoms with E-state index in [0.29, 0.717) is 18.0 Å². The van der Waals surface area contributed by atoms with E-state index in [0.717, 1.165) is 19.5 Å². The molecule has 0 saturated carbocycles. The molecule has 2 aromatic heterocycles. The molecule has 3 atom stereocenters. The minimum Gasteiger partial charge on any atom is -0.314 e. The number of nitrogens with one attached hydrogen (secondary N) is 1. The summed E-state index contributed by atoms with van der Waals surface area (Å²) in [6.45, 7) is 5.47. The van der Waals surface area contributed by atoms with Gasteiger partial charge >= 0.3 is 0 Å². The van der Waals surface area contributed by atoms with Crippen molar-refractivity contribution in [3.63, 3.8) is 0 Å². The van der Waals surface area contributed by atoms with E-state index >= 15 is 0 Å². The monoisotopic (exact) mass is 330 g/mol. The van der Waals surface area contributed by atoms with Gasteiger partial charge in [-0.1, -0.05) is 0 Å². The maximum atomic E-state index is 4.37. The molecule has 1 aliphatic rings. The number of aryl methyl sites for hydroxylation is 2. The van der Waals surface area contributed by atoms with E-state index in [9.17, 15) is 0 Å². The van der Waals surface area contributed by atoms with Gasteiger partial charge in [0.05, 0.1) is 11.7 Å². The zero-order valence-electron chi connectivity index (χ0n) is 15.1. The van der Waals surface area contributed by atoms with Gasteiger partial charge < -0.3 is 5.32 Å². The molecule has 0 aliphatic carbocycles. The molecule has 3 rings (SSSR count). The average Bonchev–Trinajstić information content (AvgIpc) is 3.23. The van der Waals surface area contributed by atoms with Gasteiger partial charge in [0, 0.05) is 44.8 Å². The second-order valence-electron chi connectivity index (χ2n) is 7.07. The molecule has 132 valence electrons. The molecule has 1 N–H and O–H groups in total. The van der Waals surface area contributed by atoms with Gasteiger partial charge in [0.2, 0.25) is 0 Å². The van der Waals surface area contributed by atoms with Crippen molar-refractivity contribution >= 4 is 0 Å². The lowest BCUT2D eigenvalue weighted by Crippen LogP contribution is -2.43. The Morgan fingerprint density at radius 2 is 2.17 bits per heavy atom. The third-order valence-corrected chi connectivity index (χ3v) is 5.25. The number of rotatable bonds is 7. The maximum absolute atomic E-state index is 4.37. The normalized spacial score (nSPS) is 23.5. The van der Waals surface area contributed by atoms with Crippen LogP contribution in [0.5, 0.6) is 0 Å². The Kier molecular flexibility index (Phi) is 5.68. The Morgan fingerprint density at radius 1 is 1.29 bits per heavy atom. The zero-order chi connectivity index (χ0) is 16.9. The van der Waals surface area contributed by atoms with Crippen LogP contribution >= 0.6 is 0 Å². The Labute approximate surface area is 144 Å². The number of likely N-dealkylation sites (tertiary alicyclic amines) is 1. The number of nitrogens with zero attached hydrogens (tertiary/aromatic N) is 5. The third-order valence-electron chi connectivity index (χ3n) is 5.25. The smallest absolute Gasteiger partial charge is 0.0555 e. The van der Waals surface area contributed by atoms with Gasteiger partial charge in [0.15, 0.2) is 0 Å². The highest BCUT2D eigenvalue weighted by Gasteiger charge is 2.32. The zero-order valence-corrected chi connectivity index (χ0v) is 15.1. The fourth-order valence-electron chi connectivity index (χ4n) is 3.83. The number of hydrogen-bond acceptors (Lipinski definition) is 4. The topological polar surface area (TPSA) is 50.9 Å². The van der Waals surface area contributed by atoms with Crippen LogP contribution in [0.1, 0.15) is 37.9 Å². The summed E-state index contributed by atoms with van der Waals surface area (Å²) in [5, 5.41) is 12.4. The summed E-state index contributed by atoms with van der Waals surface area (Å²) in [7, 11) is 4.29. The van der Waals surface area contributed by atoms with Crippen LogP contribution in [0.3, 0.4) is 0 Å². The van der Waals surface area contributed by atoms with Crippen LogP contribution in [0, 0.1) is 5.92 Å². The quantitative estimate of drug-likeness (QED) is 0.844. The fourth-order valence-corrected chi connectivity index (χ4v) is 3.83. The molecular formula is C18H30N6. The highest BCUT2D eigenvalue weighted by atomic mass is 15.3. The van der Waals surface area contributed by atoms with Crippen LogP contribution in [0.2, 0.25) is 0 Å². The Morgan fingerprint density at radius 3 is 2.88 bits per heavy atom. The largest absolute Gasteiger partial charge is 0.314 e. The number of piperidine rings is 1. The van der Waals surface area contributed by atoms with E-state index in [-0.39, 0.29) is 0 Å². The van der Waals surface area contributed by atoms with Gasteiger partial charge in [0.25, 0.3) is 0 Å². The lowest BCUT2D eigenvalue weighted by molar-refractivity contribution is 0.111. The van der Waals surface area contributed by atoms with Crippen molar-refractivity contribution < 1.29 is 0 Å². The molecule has 6 heteroatoms. The summed E-state index contributed by atoms with van der Waals surface area (Å²) in [5.74, 6) is 0.631. The first-order chi connectivity index (χ1) is 11.6. The van der Waals surface area contributed by atoms with Crippen LogP contribution in [-0.2, 0) is 13.6 Å². The van der Waals surface area contributed by atoms with Crippen LogP contribution in [0.15, 0.2) is 30.7 Å². The van der Waals surface area contributed by atoms with E-state index in [1.807, 2.05) is 34.0 Å². The van der Waals surface area contributed by atoms with Crippen molar-refractivity contribution in [1.82, 2.24) is 29.8 Å². The van der Waals surface area contributed by atoms with E-state index < -0.39 is 0 Å². The van der Waals surface area contributed by atoms with Crippen molar-refractivity contribution in [2.24, 2.45) is 13.0 Å². The van der Waals surface area contributed by atoms with Crippen molar-refractivity contribution in [3.8, 4) is 0 Å². The predicted molar refractivity (Wildman–Crippen MR) is 95.6 cm³/mol. The lowest BCUT2D eigenvalue weighted by atomic mass is 9.87. The lowest BCUT2D eigenvalue weighted by Gasteiger charge is -2.39. The predicted octanol–water partition coefficient (Wildman–Crippen LogP) is 2.07. The highest BCUT2D eigenvalue weighted by Crippen LogP contribution is 2.34. The van der Waals surface area contributed by atoms with Crippen molar-refractivity contribution in [1.29, 1.82) is 0 Å². The number of aromatic nitrogens is 4. The molecule has 0 radical (unpaired) electrons. The Hall–Kier alpha value is -1.66. The van der Waals surface area contributed by atoms with Gasteiger partial charge in [-0.25, -0.2) is 0 Å². The Balaban J connectivity index is 1.55. The van der Waals surface area contributed by atoms with Crippen LogP contribution < -0.4 is 5.32 Å². The summed E-state index contributed by atoms with van der Waals surface area (Å²) in [4.78, 5) is 2.49. The van der Waals surface area contributed by atoms with Gasteiger partial charge in [-0.3, -0.25) is 14.3 Å². The van der Waals surface area contributed by atoms with E-state index in [1.54, 1.807) is 0 Å². The Bertz CT molecular complexity index is 605. The fraction of sp³-hybridized carbons (Fsp3) is 0.667. The standard InChI is InChI=1S/C18H30N6/c1-15(8-13-24-12-5-9-21-24)19-14-16-6-4-11-22(2)18(16)17-7-10-20-23(17)3/h5,7,9-10,12,15-16,18-19H,4,6,8,11,13-14H2,1-3H3/t15-,16+,18-/m1/s1. The van der Waals surface area contributed by atoms with Crippen LogP contribution in [0.25, 0.3) is 0 Å². The van der Waals surface area contributed by atoms with Gasteiger partial charge in [-0.15, -0.1) is 0 Å². The van der Waals surface area contributed by atoms with Crippen molar-refractivity contribution in [2.45, 2.75) is 44.8 Å². The highest BCUT2D eigenvalue weighted by molar-refractivity contribution is 5.10. The average molecular weight is 330 g/mol. The van der Waals surface area contributed by atoms with Gasteiger partial charge in [-0.05, 0) is 57.8 Å². The minimum absolute atomic E-state index is 0.456. The molecule has 1 saturated heterocycles. The van der Waals surface area contributed by atoms with E-state index in [4.69, 9.17) is 0 Å². The molecule has 0 aromatic carbocycles. The molecule has 3 heterocycles. The molecule has 24 heavy (non-hydrogen) atoms. The summed E-state index contributed by atoms with van der Waals surface area (Å²) in [6.07, 6.45) is 9.43. The van der Waals surface area contributed by atoms with Gasteiger partial charge in [-0.2, -0.15) is 10.2 Å². The van der Waals surface area contributed by atoms with Gasteiger partial charge in [0.1, 0.15) is 0 Å². The molecule has 0 amide bonds. The van der Waals surface area contributed by atoms with E-state index in [2.05, 4.69) is 47.5 Å². The second kappa shape index (κ2) is 7.94. The SMILES string of the molecule is C[C@H](CCn1cccn1)NC[C@@H]1CCCN(C)[C@H]1c1ccnn1C. The van der Waals surface area contributed by atoms with Crippen LogP contribution in [0.4, 0.5) is 0 Å². The molecule has 1 fully saturated rings. The first-order valence-corrected chi connectivity index (χ1v) is 9.04. The molecule has 1 aliphatic heterocycles. The third kappa shape index (κ3) is 4.05. The van der Waals surface area contributed by atoms with Crippen molar-refractivity contribution in [2.75, 3.05) is 20.1 Å². The molecule has 0 bridgehead atoms. The first-order valence-electron chi connectivity index (χ1n) is 9.04. The first kappa shape index (κ1) is 17.2. The molecule has 2 aromatic rings.